The highest BCUT2D eigenvalue weighted by Gasteiger charge is 2.11. The summed E-state index contributed by atoms with van der Waals surface area (Å²) >= 11 is 0. The van der Waals surface area contributed by atoms with E-state index in [0.29, 0.717) is 5.30 Å². The summed E-state index contributed by atoms with van der Waals surface area (Å²) in [7, 11) is -3.02. The Hall–Kier alpha value is -2.18. The van der Waals surface area contributed by atoms with Crippen LogP contribution in [0.1, 0.15) is 7.43 Å². The van der Waals surface area contributed by atoms with E-state index >= 15 is 0 Å². The highest BCUT2D eigenvalue weighted by molar-refractivity contribution is 7.65. The third kappa shape index (κ3) is 6.12. The van der Waals surface area contributed by atoms with Crippen molar-refractivity contribution in [2.75, 3.05) is 23.9 Å². The Morgan fingerprint density at radius 2 is 1.30 bits per heavy atom. The number of nitrogens with zero attached hydrogens (tertiary/aromatic N) is 3. The smallest absolute Gasteiger partial charge is 0.226 e. The van der Waals surface area contributed by atoms with Gasteiger partial charge >= 0.3 is 0 Å². The van der Waals surface area contributed by atoms with Gasteiger partial charge in [-0.25, -0.2) is 0 Å². The van der Waals surface area contributed by atoms with Gasteiger partial charge in [0.25, 0.3) is 0 Å². The summed E-state index contributed by atoms with van der Waals surface area (Å²) in [6.07, 6.45) is 0. The second-order valence-electron chi connectivity index (χ2n) is 3.62. The van der Waals surface area contributed by atoms with Gasteiger partial charge in [-0.3, -0.25) is 4.57 Å². The van der Waals surface area contributed by atoms with Crippen molar-refractivity contribution < 1.29 is 9.46 Å². The van der Waals surface area contributed by atoms with Crippen molar-refractivity contribution >= 4 is 30.5 Å². The van der Waals surface area contributed by atoms with Crippen molar-refractivity contribution in [1.82, 2.24) is 15.0 Å². The number of benzene rings is 1. The van der Waals surface area contributed by atoms with Crippen LogP contribution in [-0.4, -0.2) is 26.5 Å². The summed E-state index contributed by atoms with van der Waals surface area (Å²) in [5.74, 6) is 0.125. The Bertz CT molecular complexity index is 536. The molecule has 1 atom stereocenters. The quantitative estimate of drug-likeness (QED) is 0.554. The lowest BCUT2D eigenvalue weighted by Gasteiger charge is -2.02. The van der Waals surface area contributed by atoms with Gasteiger partial charge in [-0.05, 0) is 12.1 Å². The van der Waals surface area contributed by atoms with Crippen molar-refractivity contribution in [1.29, 1.82) is 0 Å². The van der Waals surface area contributed by atoms with Crippen LogP contribution in [-0.2, 0) is 4.57 Å². The van der Waals surface area contributed by atoms with E-state index in [1.54, 1.807) is 24.3 Å². The van der Waals surface area contributed by atoms with E-state index in [4.69, 9.17) is 22.1 Å². The second-order valence-corrected chi connectivity index (χ2v) is 5.90. The maximum Gasteiger partial charge on any atom is 0.226 e. The van der Waals surface area contributed by atoms with Crippen molar-refractivity contribution in [3.8, 4) is 0 Å². The molecule has 1 aromatic carbocycles. The maximum absolute atomic E-state index is 11.0. The Morgan fingerprint density at radius 3 is 1.55 bits per heavy atom. The third-order valence-electron chi connectivity index (χ3n) is 1.92. The first-order valence-electron chi connectivity index (χ1n) is 5.17. The molecule has 7 N–H and O–H groups in total. The number of aromatic nitrogens is 3. The zero-order valence-corrected chi connectivity index (χ0v) is 11.2. The van der Waals surface area contributed by atoms with Gasteiger partial charge in [0.2, 0.25) is 25.2 Å². The molecule has 110 valence electrons. The fourth-order valence-corrected chi connectivity index (χ4v) is 1.86. The first-order valence-corrected chi connectivity index (χ1v) is 7.28. The van der Waals surface area contributed by atoms with Crippen LogP contribution in [0.5, 0.6) is 0 Å². The SMILES string of the molecule is C.CP(=O)(O)c1ccccc1.Nc1nc(N)nc(N)n1. The minimum absolute atomic E-state index is 0. The third-order valence-corrected chi connectivity index (χ3v) is 3.18. The average molecular weight is 298 g/mol. The lowest BCUT2D eigenvalue weighted by molar-refractivity contribution is 0.496. The molecule has 0 saturated heterocycles. The maximum atomic E-state index is 11.0. The van der Waals surface area contributed by atoms with Gasteiger partial charge in [0, 0.05) is 12.0 Å². The van der Waals surface area contributed by atoms with E-state index in [1.165, 1.54) is 6.66 Å². The van der Waals surface area contributed by atoms with Gasteiger partial charge in [-0.2, -0.15) is 15.0 Å². The molecule has 1 heterocycles. The first kappa shape index (κ1) is 17.8. The molecule has 1 aromatic heterocycles. The van der Waals surface area contributed by atoms with Gasteiger partial charge in [-0.1, -0.05) is 25.6 Å². The molecule has 8 nitrogen and oxygen atoms in total. The lowest BCUT2D eigenvalue weighted by atomic mass is 10.4. The molecule has 0 aliphatic heterocycles. The number of nitrogen functional groups attached to an aromatic ring is 3. The van der Waals surface area contributed by atoms with E-state index in [-0.39, 0.29) is 25.3 Å². The van der Waals surface area contributed by atoms with Gasteiger partial charge < -0.3 is 22.1 Å². The number of anilines is 3. The molecule has 20 heavy (non-hydrogen) atoms. The lowest BCUT2D eigenvalue weighted by Crippen LogP contribution is -2.05. The van der Waals surface area contributed by atoms with E-state index < -0.39 is 7.37 Å². The van der Waals surface area contributed by atoms with Gasteiger partial charge in [-0.15, -0.1) is 0 Å². The van der Waals surface area contributed by atoms with Gasteiger partial charge in [0.1, 0.15) is 0 Å². The highest BCUT2D eigenvalue weighted by Crippen LogP contribution is 2.33. The summed E-state index contributed by atoms with van der Waals surface area (Å²) in [5.41, 5.74) is 15.4. The molecule has 0 bridgehead atoms. The van der Waals surface area contributed by atoms with E-state index in [2.05, 4.69) is 15.0 Å². The molecule has 0 fully saturated rings. The molecule has 2 aromatic rings. The van der Waals surface area contributed by atoms with Crippen LogP contribution in [0.15, 0.2) is 30.3 Å². The molecule has 0 aliphatic carbocycles. The minimum Gasteiger partial charge on any atom is -0.368 e. The van der Waals surface area contributed by atoms with Crippen molar-refractivity contribution in [2.24, 2.45) is 0 Å². The fourth-order valence-electron chi connectivity index (χ4n) is 1.13. The van der Waals surface area contributed by atoms with Crippen LogP contribution in [0, 0.1) is 0 Å². The molecule has 0 radical (unpaired) electrons. The molecule has 0 aliphatic rings. The zero-order chi connectivity index (χ0) is 14.5. The molecule has 0 spiro atoms. The number of hydrogen-bond acceptors (Lipinski definition) is 7. The highest BCUT2D eigenvalue weighted by atomic mass is 31.2. The van der Waals surface area contributed by atoms with Gasteiger partial charge in [0.05, 0.1) is 0 Å². The predicted octanol–water partition coefficient (Wildman–Crippen LogP) is 0.466. The molecule has 1 unspecified atom stereocenters. The average Bonchev–Trinajstić information content (AvgIpc) is 2.28. The Morgan fingerprint density at radius 1 is 0.950 bits per heavy atom. The normalized spacial score (nSPS) is 12.3. The first-order chi connectivity index (χ1) is 8.79. The summed E-state index contributed by atoms with van der Waals surface area (Å²) in [5, 5.41) is 0.509. The molecular formula is C11H19N6O2P. The van der Waals surface area contributed by atoms with Crippen molar-refractivity contribution in [2.45, 2.75) is 7.43 Å². The second kappa shape index (κ2) is 7.42. The van der Waals surface area contributed by atoms with Crippen LogP contribution in [0.4, 0.5) is 17.8 Å². The van der Waals surface area contributed by atoms with Crippen LogP contribution in [0.25, 0.3) is 0 Å². The molecule has 9 heteroatoms. The van der Waals surface area contributed by atoms with Crippen LogP contribution >= 0.6 is 7.37 Å². The van der Waals surface area contributed by atoms with Crippen molar-refractivity contribution in [3.05, 3.63) is 30.3 Å². The molecule has 0 saturated carbocycles. The summed E-state index contributed by atoms with van der Waals surface area (Å²) in [6.45, 7) is 1.34. The monoisotopic (exact) mass is 298 g/mol. The minimum atomic E-state index is -3.02. The Labute approximate surface area is 117 Å². The number of nitrogens with two attached hydrogens (primary N) is 3. The molecule has 0 amide bonds. The van der Waals surface area contributed by atoms with E-state index in [9.17, 15) is 4.57 Å². The fraction of sp³-hybridized carbons (Fsp3) is 0.182. The standard InChI is InChI=1S/C7H9O2P.C3H6N6.CH4/c1-10(8,9)7-5-3-2-4-6-7;4-1-7-2(5)9-3(6)8-1;/h2-6H,1H3,(H,8,9);(H6,4,5,6,7,8,9);1H4. The predicted molar refractivity (Wildman–Crippen MR) is 81.6 cm³/mol. The number of rotatable bonds is 1. The van der Waals surface area contributed by atoms with E-state index in [0.717, 1.165) is 0 Å². The summed E-state index contributed by atoms with van der Waals surface area (Å²) in [6, 6.07) is 8.63. The zero-order valence-electron chi connectivity index (χ0n) is 10.3. The van der Waals surface area contributed by atoms with Crippen molar-refractivity contribution in [3.63, 3.8) is 0 Å². The number of hydrogen-bond donors (Lipinski definition) is 4. The largest absolute Gasteiger partial charge is 0.368 e. The van der Waals surface area contributed by atoms with E-state index in [1.807, 2.05) is 6.07 Å². The topological polar surface area (TPSA) is 154 Å². The van der Waals surface area contributed by atoms with Crippen LogP contribution < -0.4 is 22.5 Å². The summed E-state index contributed by atoms with van der Waals surface area (Å²) < 4.78 is 11.0. The van der Waals surface area contributed by atoms with Crippen LogP contribution in [0.2, 0.25) is 0 Å². The molecular weight excluding hydrogens is 279 g/mol. The summed E-state index contributed by atoms with van der Waals surface area (Å²) in [4.78, 5) is 19.5. The van der Waals surface area contributed by atoms with Crippen LogP contribution in [0.3, 0.4) is 0 Å². The Balaban J connectivity index is 0.000000345. The van der Waals surface area contributed by atoms with Gasteiger partial charge in [0.15, 0.2) is 0 Å². The Kier molecular flexibility index (Phi) is 6.61. The molecule has 2 rings (SSSR count).